The predicted molar refractivity (Wildman–Crippen MR) is 106 cm³/mol. The minimum absolute atomic E-state index is 0.650. The van der Waals surface area contributed by atoms with E-state index in [1.54, 1.807) is 24.1 Å². The number of aromatic nitrogens is 3. The fourth-order valence-corrected chi connectivity index (χ4v) is 2.49. The zero-order chi connectivity index (χ0) is 18.7. The highest BCUT2D eigenvalue weighted by molar-refractivity contribution is 5.79. The zero-order valence-electron chi connectivity index (χ0n) is 15.4. The molecule has 7 heteroatoms. The minimum Gasteiger partial charge on any atom is -0.494 e. The maximum atomic E-state index is 5.68. The van der Waals surface area contributed by atoms with Gasteiger partial charge < -0.3 is 15.4 Å². The molecule has 0 unspecified atom stereocenters. The van der Waals surface area contributed by atoms with Crippen LogP contribution in [-0.4, -0.2) is 40.9 Å². The summed E-state index contributed by atoms with van der Waals surface area (Å²) in [6, 6.07) is 15.7. The van der Waals surface area contributed by atoms with Gasteiger partial charge in [-0.1, -0.05) is 18.2 Å². The second-order valence-corrected chi connectivity index (χ2v) is 5.84. The van der Waals surface area contributed by atoms with Crippen LogP contribution in [0, 0.1) is 0 Å². The first-order valence-electron chi connectivity index (χ1n) is 8.92. The van der Waals surface area contributed by atoms with Crippen LogP contribution in [0.4, 0.5) is 0 Å². The molecular formula is C20H24N6O. The Morgan fingerprint density at radius 1 is 1.11 bits per heavy atom. The molecule has 2 aromatic heterocycles. The molecule has 0 atom stereocenters. The van der Waals surface area contributed by atoms with Crippen molar-refractivity contribution < 1.29 is 4.74 Å². The zero-order valence-corrected chi connectivity index (χ0v) is 15.4. The van der Waals surface area contributed by atoms with Crippen LogP contribution >= 0.6 is 0 Å². The number of benzene rings is 1. The monoisotopic (exact) mass is 364 g/mol. The molecule has 0 aliphatic heterocycles. The highest BCUT2D eigenvalue weighted by Gasteiger charge is 2.02. The molecule has 140 valence electrons. The van der Waals surface area contributed by atoms with E-state index in [1.807, 2.05) is 54.7 Å². The lowest BCUT2D eigenvalue weighted by Crippen LogP contribution is -2.37. The van der Waals surface area contributed by atoms with E-state index in [1.165, 1.54) is 0 Å². The normalized spacial score (nSPS) is 11.2. The van der Waals surface area contributed by atoms with Crippen molar-refractivity contribution in [3.8, 4) is 11.6 Å². The van der Waals surface area contributed by atoms with Crippen LogP contribution < -0.4 is 15.4 Å². The van der Waals surface area contributed by atoms with Gasteiger partial charge in [0.1, 0.15) is 5.75 Å². The first-order valence-corrected chi connectivity index (χ1v) is 8.92. The molecule has 0 bridgehead atoms. The van der Waals surface area contributed by atoms with Crippen molar-refractivity contribution in [3.63, 3.8) is 0 Å². The van der Waals surface area contributed by atoms with Crippen molar-refractivity contribution in [1.29, 1.82) is 0 Å². The van der Waals surface area contributed by atoms with E-state index < -0.39 is 0 Å². The van der Waals surface area contributed by atoms with Crippen molar-refractivity contribution >= 4 is 5.96 Å². The topological polar surface area (TPSA) is 76.4 Å². The fourth-order valence-electron chi connectivity index (χ4n) is 2.49. The molecule has 0 amide bonds. The summed E-state index contributed by atoms with van der Waals surface area (Å²) in [6.45, 7) is 2.09. The molecule has 1 aromatic carbocycles. The number of nitrogens with zero attached hydrogens (tertiary/aromatic N) is 4. The Morgan fingerprint density at radius 3 is 2.78 bits per heavy atom. The van der Waals surface area contributed by atoms with E-state index >= 15 is 0 Å². The van der Waals surface area contributed by atoms with Gasteiger partial charge in [-0.15, -0.1) is 0 Å². The van der Waals surface area contributed by atoms with E-state index in [4.69, 9.17) is 4.74 Å². The highest BCUT2D eigenvalue weighted by Crippen LogP contribution is 2.08. The van der Waals surface area contributed by atoms with E-state index in [9.17, 15) is 0 Å². The Morgan fingerprint density at radius 2 is 2.00 bits per heavy atom. The van der Waals surface area contributed by atoms with Crippen LogP contribution in [0.5, 0.6) is 5.75 Å². The van der Waals surface area contributed by atoms with Crippen molar-refractivity contribution in [2.75, 3.05) is 20.2 Å². The van der Waals surface area contributed by atoms with Crippen LogP contribution in [0.3, 0.4) is 0 Å². The van der Waals surface area contributed by atoms with Crippen LogP contribution in [0.2, 0.25) is 0 Å². The SMILES string of the molecule is CN=C(NCCCOc1ccccc1)NCc1ccnc(-n2cccn2)c1. The second kappa shape index (κ2) is 9.96. The summed E-state index contributed by atoms with van der Waals surface area (Å²) in [6.07, 6.45) is 6.27. The lowest BCUT2D eigenvalue weighted by Gasteiger charge is -2.12. The van der Waals surface area contributed by atoms with E-state index in [-0.39, 0.29) is 0 Å². The first-order chi connectivity index (χ1) is 13.3. The van der Waals surface area contributed by atoms with Gasteiger partial charge in [-0.05, 0) is 42.3 Å². The summed E-state index contributed by atoms with van der Waals surface area (Å²) in [5.74, 6) is 2.44. The largest absolute Gasteiger partial charge is 0.494 e. The Hall–Kier alpha value is -3.35. The third-order valence-corrected chi connectivity index (χ3v) is 3.86. The van der Waals surface area contributed by atoms with Gasteiger partial charge >= 0.3 is 0 Å². The number of pyridine rings is 1. The molecule has 0 radical (unpaired) electrons. The third-order valence-electron chi connectivity index (χ3n) is 3.86. The summed E-state index contributed by atoms with van der Waals surface area (Å²) >= 11 is 0. The summed E-state index contributed by atoms with van der Waals surface area (Å²) in [5, 5.41) is 10.8. The van der Waals surface area contributed by atoms with Gasteiger partial charge in [0, 0.05) is 38.7 Å². The molecule has 27 heavy (non-hydrogen) atoms. The fraction of sp³-hybridized carbons (Fsp3) is 0.250. The Bertz CT molecular complexity index is 833. The molecule has 0 saturated heterocycles. The van der Waals surface area contributed by atoms with E-state index in [0.717, 1.165) is 36.1 Å². The van der Waals surface area contributed by atoms with Crippen molar-refractivity contribution in [2.24, 2.45) is 4.99 Å². The summed E-state index contributed by atoms with van der Waals surface area (Å²) < 4.78 is 7.42. The van der Waals surface area contributed by atoms with Crippen molar-refractivity contribution in [2.45, 2.75) is 13.0 Å². The average molecular weight is 364 g/mol. The number of nitrogens with one attached hydrogen (secondary N) is 2. The average Bonchev–Trinajstić information content (AvgIpc) is 3.26. The maximum Gasteiger partial charge on any atom is 0.191 e. The van der Waals surface area contributed by atoms with Crippen LogP contribution in [-0.2, 0) is 6.54 Å². The number of guanidine groups is 1. The molecule has 0 aliphatic carbocycles. The van der Waals surface area contributed by atoms with Gasteiger partial charge in [0.25, 0.3) is 0 Å². The highest BCUT2D eigenvalue weighted by atomic mass is 16.5. The van der Waals surface area contributed by atoms with Gasteiger partial charge in [0.05, 0.1) is 6.61 Å². The number of hydrogen-bond donors (Lipinski definition) is 2. The number of rotatable bonds is 8. The van der Waals surface area contributed by atoms with E-state index in [0.29, 0.717) is 13.2 Å². The Kier molecular flexibility index (Phi) is 6.80. The van der Waals surface area contributed by atoms with Gasteiger partial charge in [0.2, 0.25) is 0 Å². The molecule has 0 spiro atoms. The van der Waals surface area contributed by atoms with E-state index in [2.05, 4.69) is 25.7 Å². The van der Waals surface area contributed by atoms with Crippen molar-refractivity contribution in [3.05, 3.63) is 72.7 Å². The summed E-state index contributed by atoms with van der Waals surface area (Å²) in [5.41, 5.74) is 1.10. The molecule has 0 saturated carbocycles. The van der Waals surface area contributed by atoms with Gasteiger partial charge in [0.15, 0.2) is 11.8 Å². The number of aliphatic imine (C=N–C) groups is 1. The van der Waals surface area contributed by atoms with Gasteiger partial charge in [-0.3, -0.25) is 4.99 Å². The molecule has 3 rings (SSSR count). The number of para-hydroxylation sites is 1. The van der Waals surface area contributed by atoms with Crippen LogP contribution in [0.25, 0.3) is 5.82 Å². The quantitative estimate of drug-likeness (QED) is 0.365. The summed E-state index contributed by atoms with van der Waals surface area (Å²) in [7, 11) is 1.76. The van der Waals surface area contributed by atoms with Gasteiger partial charge in [-0.25, -0.2) is 9.67 Å². The summed E-state index contributed by atoms with van der Waals surface area (Å²) in [4.78, 5) is 8.59. The van der Waals surface area contributed by atoms with Crippen LogP contribution in [0.15, 0.2) is 72.1 Å². The standard InChI is InChI=1S/C20H24N6O/c1-21-20(23-10-6-14-27-18-7-3-2-4-8-18)24-16-17-9-12-22-19(15-17)26-13-5-11-25-26/h2-5,7-9,11-13,15H,6,10,14,16H2,1H3,(H2,21,23,24). The molecule has 7 nitrogen and oxygen atoms in total. The molecule has 0 aliphatic rings. The molecule has 2 heterocycles. The lowest BCUT2D eigenvalue weighted by atomic mass is 10.2. The lowest BCUT2D eigenvalue weighted by molar-refractivity contribution is 0.311. The molecular weight excluding hydrogens is 340 g/mol. The molecule has 0 fully saturated rings. The van der Waals surface area contributed by atoms with Crippen LogP contribution in [0.1, 0.15) is 12.0 Å². The smallest absolute Gasteiger partial charge is 0.191 e. The van der Waals surface area contributed by atoms with Gasteiger partial charge in [-0.2, -0.15) is 5.10 Å². The molecule has 2 N–H and O–H groups in total. The number of hydrogen-bond acceptors (Lipinski definition) is 4. The maximum absolute atomic E-state index is 5.68. The van der Waals surface area contributed by atoms with Crippen molar-refractivity contribution in [1.82, 2.24) is 25.4 Å². The second-order valence-electron chi connectivity index (χ2n) is 5.84. The first kappa shape index (κ1) is 18.4. The predicted octanol–water partition coefficient (Wildman–Crippen LogP) is 2.40. The Labute approximate surface area is 159 Å². The third kappa shape index (κ3) is 5.85. The minimum atomic E-state index is 0.650. The Balaban J connectivity index is 1.40. The number of ether oxygens (including phenoxy) is 1. The molecule has 3 aromatic rings.